The molecule has 4 nitrogen and oxygen atoms in total. The zero-order valence-corrected chi connectivity index (χ0v) is 10.2. The molecule has 0 bridgehead atoms. The molecule has 0 fully saturated rings. The van der Waals surface area contributed by atoms with Gasteiger partial charge in [-0.3, -0.25) is 0 Å². The van der Waals surface area contributed by atoms with Gasteiger partial charge in [-0.2, -0.15) is 0 Å². The Hall–Kier alpha value is -2.33. The van der Waals surface area contributed by atoms with Gasteiger partial charge in [0.25, 0.3) is 0 Å². The molecular formula is C15H14O4. The van der Waals surface area contributed by atoms with Gasteiger partial charge in [-0.25, -0.2) is 4.79 Å². The summed E-state index contributed by atoms with van der Waals surface area (Å²) in [5.74, 6) is -0.237. The van der Waals surface area contributed by atoms with Crippen LogP contribution in [0.5, 0.6) is 5.75 Å². The largest absolute Gasteiger partial charge is 0.491 e. The Morgan fingerprint density at radius 3 is 1.95 bits per heavy atom. The van der Waals surface area contributed by atoms with Crippen molar-refractivity contribution < 1.29 is 19.7 Å². The van der Waals surface area contributed by atoms with Crippen molar-refractivity contribution in [1.29, 1.82) is 0 Å². The molecule has 0 amide bonds. The zero-order chi connectivity index (χ0) is 13.7. The van der Waals surface area contributed by atoms with E-state index in [1.165, 1.54) is 0 Å². The summed E-state index contributed by atoms with van der Waals surface area (Å²) in [6.45, 7) is 0.255. The summed E-state index contributed by atoms with van der Waals surface area (Å²) in [5, 5.41) is 17.5. The van der Waals surface area contributed by atoms with Crippen LogP contribution in [-0.2, 0) is 0 Å². The molecule has 4 heteroatoms. The number of hydrogen-bond acceptors (Lipinski definition) is 3. The lowest BCUT2D eigenvalue weighted by Crippen LogP contribution is -2.01. The second-order valence-electron chi connectivity index (χ2n) is 3.98. The molecule has 0 heterocycles. The third kappa shape index (κ3) is 3.33. The number of aliphatic hydroxyl groups excluding tert-OH is 1. The highest BCUT2D eigenvalue weighted by Crippen LogP contribution is 2.22. The third-order valence-electron chi connectivity index (χ3n) is 2.68. The van der Waals surface area contributed by atoms with E-state index in [0.717, 1.165) is 11.1 Å². The summed E-state index contributed by atoms with van der Waals surface area (Å²) < 4.78 is 5.27. The van der Waals surface area contributed by atoms with Gasteiger partial charge in [-0.05, 0) is 35.4 Å². The van der Waals surface area contributed by atoms with Gasteiger partial charge in [0, 0.05) is 0 Å². The van der Waals surface area contributed by atoms with Gasteiger partial charge in [0.15, 0.2) is 0 Å². The quantitative estimate of drug-likeness (QED) is 0.864. The van der Waals surface area contributed by atoms with E-state index in [2.05, 4.69) is 0 Å². The van der Waals surface area contributed by atoms with Gasteiger partial charge in [0.05, 0.1) is 12.2 Å². The average molecular weight is 258 g/mol. The smallest absolute Gasteiger partial charge is 0.335 e. The molecule has 0 spiro atoms. The Balaban J connectivity index is 2.15. The lowest BCUT2D eigenvalue weighted by molar-refractivity contribution is 0.0697. The van der Waals surface area contributed by atoms with E-state index in [4.69, 9.17) is 14.9 Å². The number of aliphatic hydroxyl groups is 1. The Bertz CT molecular complexity index is 543. The molecule has 0 saturated carbocycles. The summed E-state index contributed by atoms with van der Waals surface area (Å²) >= 11 is 0. The van der Waals surface area contributed by atoms with Crippen molar-refractivity contribution in [2.75, 3.05) is 13.2 Å². The molecule has 98 valence electrons. The van der Waals surface area contributed by atoms with Crippen LogP contribution < -0.4 is 4.74 Å². The Kier molecular flexibility index (Phi) is 4.15. The summed E-state index contributed by atoms with van der Waals surface area (Å²) in [7, 11) is 0. The lowest BCUT2D eigenvalue weighted by Gasteiger charge is -2.06. The van der Waals surface area contributed by atoms with Crippen LogP contribution in [0.4, 0.5) is 0 Å². The van der Waals surface area contributed by atoms with E-state index in [1.54, 1.807) is 24.3 Å². The molecule has 2 rings (SSSR count). The minimum atomic E-state index is -0.931. The van der Waals surface area contributed by atoms with E-state index in [1.807, 2.05) is 24.3 Å². The summed E-state index contributed by atoms with van der Waals surface area (Å²) in [5.41, 5.74) is 2.19. The standard InChI is InChI=1S/C15H14O4/c16-9-10-19-14-7-5-12(6-8-14)11-1-3-13(4-2-11)15(17)18/h1-8,16H,9-10H2,(H,17,18). The van der Waals surface area contributed by atoms with Crippen LogP contribution in [0.1, 0.15) is 10.4 Å². The summed E-state index contributed by atoms with van der Waals surface area (Å²) in [4.78, 5) is 10.8. The first-order valence-corrected chi connectivity index (χ1v) is 5.88. The predicted molar refractivity (Wildman–Crippen MR) is 71.4 cm³/mol. The highest BCUT2D eigenvalue weighted by Gasteiger charge is 2.03. The molecule has 2 aromatic carbocycles. The molecule has 0 unspecified atom stereocenters. The first-order valence-electron chi connectivity index (χ1n) is 5.88. The van der Waals surface area contributed by atoms with Gasteiger partial charge in [0.2, 0.25) is 0 Å². The monoisotopic (exact) mass is 258 g/mol. The van der Waals surface area contributed by atoms with Crippen molar-refractivity contribution in [3.05, 3.63) is 54.1 Å². The highest BCUT2D eigenvalue weighted by atomic mass is 16.5. The fourth-order valence-electron chi connectivity index (χ4n) is 1.71. The normalized spacial score (nSPS) is 10.2. The molecule has 2 N–H and O–H groups in total. The number of ether oxygens (including phenoxy) is 1. The van der Waals surface area contributed by atoms with Gasteiger partial charge in [-0.1, -0.05) is 24.3 Å². The molecule has 0 atom stereocenters. The Labute approximate surface area is 110 Å². The third-order valence-corrected chi connectivity index (χ3v) is 2.68. The number of rotatable bonds is 5. The lowest BCUT2D eigenvalue weighted by atomic mass is 10.0. The molecule has 0 aliphatic heterocycles. The van der Waals surface area contributed by atoms with Gasteiger partial charge < -0.3 is 14.9 Å². The van der Waals surface area contributed by atoms with Crippen LogP contribution in [0.3, 0.4) is 0 Å². The zero-order valence-electron chi connectivity index (χ0n) is 10.2. The maximum absolute atomic E-state index is 10.8. The maximum atomic E-state index is 10.8. The number of carboxylic acids is 1. The van der Waals surface area contributed by atoms with Gasteiger partial charge >= 0.3 is 5.97 Å². The van der Waals surface area contributed by atoms with Crippen molar-refractivity contribution >= 4 is 5.97 Å². The van der Waals surface area contributed by atoms with Crippen LogP contribution in [0.15, 0.2) is 48.5 Å². The van der Waals surface area contributed by atoms with Crippen molar-refractivity contribution in [3.63, 3.8) is 0 Å². The fourth-order valence-corrected chi connectivity index (χ4v) is 1.71. The minimum absolute atomic E-state index is 0.0155. The predicted octanol–water partition coefficient (Wildman–Crippen LogP) is 2.42. The number of carboxylic acid groups (broad SMARTS) is 1. The molecule has 0 aliphatic rings. The van der Waals surface area contributed by atoms with E-state index >= 15 is 0 Å². The van der Waals surface area contributed by atoms with E-state index < -0.39 is 5.97 Å². The molecule has 0 radical (unpaired) electrons. The number of benzene rings is 2. The van der Waals surface area contributed by atoms with Crippen LogP contribution in [0.2, 0.25) is 0 Å². The van der Waals surface area contributed by atoms with E-state index in [0.29, 0.717) is 5.75 Å². The highest BCUT2D eigenvalue weighted by molar-refractivity contribution is 5.88. The van der Waals surface area contributed by atoms with Crippen molar-refractivity contribution in [2.24, 2.45) is 0 Å². The molecule has 2 aromatic rings. The summed E-state index contributed by atoms with van der Waals surface area (Å²) in [6.07, 6.45) is 0. The Morgan fingerprint density at radius 1 is 0.947 bits per heavy atom. The van der Waals surface area contributed by atoms with Crippen LogP contribution in [0, 0.1) is 0 Å². The topological polar surface area (TPSA) is 66.8 Å². The van der Waals surface area contributed by atoms with Crippen LogP contribution in [-0.4, -0.2) is 29.4 Å². The average Bonchev–Trinajstić information content (AvgIpc) is 2.46. The van der Waals surface area contributed by atoms with Crippen molar-refractivity contribution in [1.82, 2.24) is 0 Å². The van der Waals surface area contributed by atoms with Crippen LogP contribution in [0.25, 0.3) is 11.1 Å². The number of carbonyl (C=O) groups is 1. The Morgan fingerprint density at radius 2 is 1.47 bits per heavy atom. The first-order chi connectivity index (χ1) is 9.20. The second-order valence-corrected chi connectivity index (χ2v) is 3.98. The van der Waals surface area contributed by atoms with Crippen LogP contribution >= 0.6 is 0 Å². The second kappa shape index (κ2) is 6.02. The fraction of sp³-hybridized carbons (Fsp3) is 0.133. The van der Waals surface area contributed by atoms with E-state index in [-0.39, 0.29) is 18.8 Å². The number of aromatic carboxylic acids is 1. The summed E-state index contributed by atoms with van der Waals surface area (Å²) in [6, 6.07) is 14.1. The molecule has 19 heavy (non-hydrogen) atoms. The van der Waals surface area contributed by atoms with Crippen molar-refractivity contribution in [2.45, 2.75) is 0 Å². The SMILES string of the molecule is O=C(O)c1ccc(-c2ccc(OCCO)cc2)cc1. The molecule has 0 saturated heterocycles. The van der Waals surface area contributed by atoms with Gasteiger partial charge in [-0.15, -0.1) is 0 Å². The molecule has 0 aromatic heterocycles. The number of hydrogen-bond donors (Lipinski definition) is 2. The first kappa shape index (κ1) is 13.1. The van der Waals surface area contributed by atoms with Crippen molar-refractivity contribution in [3.8, 4) is 16.9 Å². The van der Waals surface area contributed by atoms with E-state index in [9.17, 15) is 4.79 Å². The maximum Gasteiger partial charge on any atom is 0.335 e. The molecule has 0 aliphatic carbocycles. The van der Waals surface area contributed by atoms with Gasteiger partial charge in [0.1, 0.15) is 12.4 Å². The molecular weight excluding hydrogens is 244 g/mol. The minimum Gasteiger partial charge on any atom is -0.491 e.